The van der Waals surface area contributed by atoms with Crippen molar-refractivity contribution in [3.63, 3.8) is 0 Å². The smallest absolute Gasteiger partial charge is 0.305 e. The number of rotatable bonds is 5. The molecule has 0 unspecified atom stereocenters. The molecule has 0 aromatic rings. The lowest BCUT2D eigenvalue weighted by molar-refractivity contribution is -0.178. The number of esters is 2. The topological polar surface area (TPSA) is 52.6 Å². The van der Waals surface area contributed by atoms with Crippen LogP contribution in [0.4, 0.5) is 0 Å². The van der Waals surface area contributed by atoms with Crippen LogP contribution in [-0.2, 0) is 19.1 Å². The predicted molar refractivity (Wildman–Crippen MR) is 72.3 cm³/mol. The monoisotopic (exact) mass is 268 g/mol. The van der Waals surface area contributed by atoms with E-state index >= 15 is 0 Å². The minimum absolute atomic E-state index is 0.436. The van der Waals surface area contributed by atoms with Crippen molar-refractivity contribution in [1.29, 1.82) is 0 Å². The lowest BCUT2D eigenvalue weighted by Crippen LogP contribution is -2.25. The summed E-state index contributed by atoms with van der Waals surface area (Å²) in [6.07, 6.45) is 8.09. The van der Waals surface area contributed by atoms with Crippen LogP contribution in [0.15, 0.2) is 11.6 Å². The van der Waals surface area contributed by atoms with Gasteiger partial charge in [0.15, 0.2) is 0 Å². The number of carbonyl (C=O) groups is 2. The number of allylic oxidation sites excluding steroid dienone is 1. The maximum Gasteiger partial charge on any atom is 0.305 e. The first-order valence-corrected chi connectivity index (χ1v) is 7.08. The molecule has 4 nitrogen and oxygen atoms in total. The SMILES string of the molecule is CC/C(=C\C1CCCCC1)C(OC(C)=O)OC(C)=O. The van der Waals surface area contributed by atoms with Gasteiger partial charge in [0.1, 0.15) is 0 Å². The van der Waals surface area contributed by atoms with Crippen LogP contribution in [0.25, 0.3) is 0 Å². The average Bonchev–Trinajstić information content (AvgIpc) is 2.35. The summed E-state index contributed by atoms with van der Waals surface area (Å²) in [4.78, 5) is 22.2. The molecule has 0 atom stereocenters. The van der Waals surface area contributed by atoms with Crippen LogP contribution in [0, 0.1) is 5.92 Å². The van der Waals surface area contributed by atoms with Crippen LogP contribution in [0.5, 0.6) is 0 Å². The third-order valence-electron chi connectivity index (χ3n) is 3.36. The highest BCUT2D eigenvalue weighted by molar-refractivity contribution is 5.68. The molecule has 1 saturated carbocycles. The molecule has 1 aliphatic carbocycles. The zero-order chi connectivity index (χ0) is 14.3. The Hall–Kier alpha value is -1.32. The van der Waals surface area contributed by atoms with Gasteiger partial charge in [-0.25, -0.2) is 0 Å². The van der Waals surface area contributed by atoms with Crippen molar-refractivity contribution in [3.8, 4) is 0 Å². The lowest BCUT2D eigenvalue weighted by atomic mass is 9.87. The summed E-state index contributed by atoms with van der Waals surface area (Å²) in [5.41, 5.74) is 0.886. The van der Waals surface area contributed by atoms with Crippen molar-refractivity contribution >= 4 is 11.9 Å². The van der Waals surface area contributed by atoms with Crippen molar-refractivity contribution in [1.82, 2.24) is 0 Å². The summed E-state index contributed by atoms with van der Waals surface area (Å²) in [6.45, 7) is 4.63. The molecule has 0 aromatic heterocycles. The fourth-order valence-corrected chi connectivity index (χ4v) is 2.44. The standard InChI is InChI=1S/C15H24O4/c1-4-14(10-13-8-6-5-7-9-13)15(18-11(2)16)19-12(3)17/h10,13,15H,4-9H2,1-3H3/b14-10+. The molecule has 0 N–H and O–H groups in total. The van der Waals surface area contributed by atoms with Gasteiger partial charge in [0.2, 0.25) is 0 Å². The Balaban J connectivity index is 2.77. The van der Waals surface area contributed by atoms with Crippen molar-refractivity contribution in [2.75, 3.05) is 0 Å². The molecule has 0 aliphatic heterocycles. The molecule has 4 heteroatoms. The molecule has 1 aliphatic rings. The quantitative estimate of drug-likeness (QED) is 0.436. The molecule has 0 radical (unpaired) electrons. The van der Waals surface area contributed by atoms with Crippen LogP contribution in [0.3, 0.4) is 0 Å². The molecule has 0 heterocycles. The van der Waals surface area contributed by atoms with E-state index < -0.39 is 18.2 Å². The molecule has 1 fully saturated rings. The molecule has 108 valence electrons. The van der Waals surface area contributed by atoms with E-state index in [1.54, 1.807) is 0 Å². The maximum atomic E-state index is 11.1. The van der Waals surface area contributed by atoms with Crippen LogP contribution < -0.4 is 0 Å². The summed E-state index contributed by atoms with van der Waals surface area (Å²) in [7, 11) is 0. The Labute approximate surface area is 115 Å². The van der Waals surface area contributed by atoms with Gasteiger partial charge in [-0.15, -0.1) is 0 Å². The molecule has 0 spiro atoms. The number of ether oxygens (including phenoxy) is 2. The highest BCUT2D eigenvalue weighted by Gasteiger charge is 2.21. The van der Waals surface area contributed by atoms with Gasteiger partial charge in [0.05, 0.1) is 0 Å². The normalized spacial score (nSPS) is 17.4. The molecular weight excluding hydrogens is 244 g/mol. The molecule has 0 aromatic carbocycles. The largest absolute Gasteiger partial charge is 0.421 e. The highest BCUT2D eigenvalue weighted by atomic mass is 16.7. The number of hydrogen-bond donors (Lipinski definition) is 0. The van der Waals surface area contributed by atoms with E-state index in [0.717, 1.165) is 18.4 Å². The molecule has 1 rings (SSSR count). The van der Waals surface area contributed by atoms with E-state index in [4.69, 9.17) is 9.47 Å². The van der Waals surface area contributed by atoms with E-state index in [-0.39, 0.29) is 0 Å². The Morgan fingerprint density at radius 2 is 1.63 bits per heavy atom. The first kappa shape index (κ1) is 15.7. The summed E-state index contributed by atoms with van der Waals surface area (Å²) in [5, 5.41) is 0. The second-order valence-corrected chi connectivity index (χ2v) is 5.04. The summed E-state index contributed by atoms with van der Waals surface area (Å²) >= 11 is 0. The molecule has 19 heavy (non-hydrogen) atoms. The summed E-state index contributed by atoms with van der Waals surface area (Å²) in [6, 6.07) is 0. The van der Waals surface area contributed by atoms with Crippen LogP contribution in [-0.4, -0.2) is 18.2 Å². The van der Waals surface area contributed by atoms with Crippen molar-refractivity contribution in [3.05, 3.63) is 11.6 Å². The van der Waals surface area contributed by atoms with Crippen molar-refractivity contribution in [2.24, 2.45) is 5.92 Å². The van der Waals surface area contributed by atoms with Crippen molar-refractivity contribution in [2.45, 2.75) is 65.6 Å². The minimum atomic E-state index is -0.859. The van der Waals surface area contributed by atoms with Gasteiger partial charge in [-0.1, -0.05) is 32.3 Å². The van der Waals surface area contributed by atoms with Gasteiger partial charge in [-0.3, -0.25) is 9.59 Å². The summed E-state index contributed by atoms with van der Waals surface area (Å²) in [5.74, 6) is -0.360. The zero-order valence-corrected chi connectivity index (χ0v) is 12.1. The van der Waals surface area contributed by atoms with Crippen LogP contribution in [0.2, 0.25) is 0 Å². The Kier molecular flexibility index (Phi) is 6.60. The number of carbonyl (C=O) groups excluding carboxylic acids is 2. The van der Waals surface area contributed by atoms with Crippen LogP contribution in [0.1, 0.15) is 59.3 Å². The Morgan fingerprint density at radius 1 is 1.11 bits per heavy atom. The van der Waals surface area contributed by atoms with E-state index in [1.807, 2.05) is 6.92 Å². The fourth-order valence-electron chi connectivity index (χ4n) is 2.44. The minimum Gasteiger partial charge on any atom is -0.421 e. The average molecular weight is 268 g/mol. The third-order valence-corrected chi connectivity index (χ3v) is 3.36. The van der Waals surface area contributed by atoms with E-state index in [9.17, 15) is 9.59 Å². The van der Waals surface area contributed by atoms with E-state index in [1.165, 1.54) is 33.1 Å². The molecule has 0 amide bonds. The zero-order valence-electron chi connectivity index (χ0n) is 12.1. The fraction of sp³-hybridized carbons (Fsp3) is 0.733. The highest BCUT2D eigenvalue weighted by Crippen LogP contribution is 2.27. The second-order valence-electron chi connectivity index (χ2n) is 5.04. The Bertz CT molecular complexity index is 324. The molecule has 0 bridgehead atoms. The Morgan fingerprint density at radius 3 is 2.05 bits per heavy atom. The predicted octanol–water partition coefficient (Wildman–Crippen LogP) is 3.36. The van der Waals surface area contributed by atoms with Gasteiger partial charge in [-0.05, 0) is 25.2 Å². The second kappa shape index (κ2) is 7.97. The lowest BCUT2D eigenvalue weighted by Gasteiger charge is -2.23. The first-order chi connectivity index (χ1) is 9.02. The first-order valence-electron chi connectivity index (χ1n) is 7.08. The van der Waals surface area contributed by atoms with Crippen LogP contribution >= 0.6 is 0 Å². The van der Waals surface area contributed by atoms with Crippen molar-refractivity contribution < 1.29 is 19.1 Å². The van der Waals surface area contributed by atoms with Gasteiger partial charge in [-0.2, -0.15) is 0 Å². The molecule has 0 saturated heterocycles. The van der Waals surface area contributed by atoms with Gasteiger partial charge in [0.25, 0.3) is 6.29 Å². The van der Waals surface area contributed by atoms with E-state index in [2.05, 4.69) is 6.08 Å². The van der Waals surface area contributed by atoms with E-state index in [0.29, 0.717) is 12.3 Å². The summed E-state index contributed by atoms with van der Waals surface area (Å²) < 4.78 is 10.2. The number of hydrogen-bond acceptors (Lipinski definition) is 4. The van der Waals surface area contributed by atoms with Gasteiger partial charge >= 0.3 is 11.9 Å². The maximum absolute atomic E-state index is 11.1. The molecular formula is C15H24O4. The van der Waals surface area contributed by atoms with Gasteiger partial charge < -0.3 is 9.47 Å². The third kappa shape index (κ3) is 5.90. The van der Waals surface area contributed by atoms with Gasteiger partial charge in [0, 0.05) is 19.4 Å².